The molecule has 7 heteroatoms. The molecule has 0 unspecified atom stereocenters. The summed E-state index contributed by atoms with van der Waals surface area (Å²) in [6.45, 7) is 0. The molecule has 0 aliphatic carbocycles. The lowest BCUT2D eigenvalue weighted by atomic mass is 10.2. The van der Waals surface area contributed by atoms with Gasteiger partial charge in [-0.15, -0.1) is 0 Å². The minimum atomic E-state index is -1.94. The van der Waals surface area contributed by atoms with Crippen molar-refractivity contribution in [2.75, 3.05) is 0 Å². The third-order valence-corrected chi connectivity index (χ3v) is 2.11. The van der Waals surface area contributed by atoms with Crippen molar-refractivity contribution in [2.45, 2.75) is 0 Å². The van der Waals surface area contributed by atoms with Gasteiger partial charge in [-0.3, -0.25) is 4.57 Å². The number of aryl methyl sites for hydroxylation is 1. The fourth-order valence-corrected chi connectivity index (χ4v) is 1.34. The fourth-order valence-electron chi connectivity index (χ4n) is 1.34. The summed E-state index contributed by atoms with van der Waals surface area (Å²) in [5, 5.41) is 0. The van der Waals surface area contributed by atoms with Gasteiger partial charge in [-0.25, -0.2) is 22.4 Å². The summed E-state index contributed by atoms with van der Waals surface area (Å²) in [5.41, 5.74) is -2.16. The van der Waals surface area contributed by atoms with Crippen LogP contribution < -0.4 is 5.69 Å². The van der Waals surface area contributed by atoms with Crippen LogP contribution in [0.25, 0.3) is 11.0 Å². The molecule has 0 bridgehead atoms. The van der Waals surface area contributed by atoms with Crippen LogP contribution in [0, 0.1) is 23.3 Å². The Morgan fingerprint density at radius 1 is 1.00 bits per heavy atom. The summed E-state index contributed by atoms with van der Waals surface area (Å²) < 4.78 is 52.4. The maximum atomic E-state index is 13.2. The summed E-state index contributed by atoms with van der Waals surface area (Å²) in [4.78, 5) is 12.9. The first-order valence-electron chi connectivity index (χ1n) is 3.85. The standard InChI is InChI=1S/C8H4F4N2O/c1-14-7-5(12)3(10)2(9)4(11)6(7)13-8(14)15/h1H3,(H,13,15). The molecule has 1 aromatic carbocycles. The third-order valence-electron chi connectivity index (χ3n) is 2.11. The van der Waals surface area contributed by atoms with Crippen LogP contribution >= 0.6 is 0 Å². The molecule has 0 amide bonds. The molecule has 0 saturated carbocycles. The maximum Gasteiger partial charge on any atom is 0.326 e. The summed E-state index contributed by atoms with van der Waals surface area (Å²) >= 11 is 0. The number of imidazole rings is 1. The number of benzene rings is 1. The molecule has 0 radical (unpaired) electrons. The Labute approximate surface area is 79.9 Å². The molecule has 15 heavy (non-hydrogen) atoms. The van der Waals surface area contributed by atoms with Gasteiger partial charge < -0.3 is 4.98 Å². The Hall–Kier alpha value is -1.79. The number of aromatic nitrogens is 2. The van der Waals surface area contributed by atoms with Crippen LogP contribution in [-0.4, -0.2) is 9.55 Å². The highest BCUT2D eigenvalue weighted by atomic mass is 19.2. The molecule has 0 aliphatic rings. The van der Waals surface area contributed by atoms with Gasteiger partial charge in [0.2, 0.25) is 0 Å². The number of aromatic amines is 1. The van der Waals surface area contributed by atoms with Crippen molar-refractivity contribution in [3.63, 3.8) is 0 Å². The van der Waals surface area contributed by atoms with Gasteiger partial charge in [-0.2, -0.15) is 0 Å². The topological polar surface area (TPSA) is 37.8 Å². The van der Waals surface area contributed by atoms with Crippen LogP contribution in [0.4, 0.5) is 17.6 Å². The molecule has 0 aliphatic heterocycles. The van der Waals surface area contributed by atoms with E-state index in [-0.39, 0.29) is 0 Å². The number of H-pyrrole nitrogens is 1. The van der Waals surface area contributed by atoms with Crippen molar-refractivity contribution in [1.82, 2.24) is 9.55 Å². The van der Waals surface area contributed by atoms with Crippen LogP contribution in [0.2, 0.25) is 0 Å². The molecule has 0 saturated heterocycles. The van der Waals surface area contributed by atoms with Crippen LogP contribution in [0.3, 0.4) is 0 Å². The zero-order valence-corrected chi connectivity index (χ0v) is 7.37. The summed E-state index contributed by atoms with van der Waals surface area (Å²) in [7, 11) is 1.11. The van der Waals surface area contributed by atoms with Gasteiger partial charge in [0.05, 0.1) is 0 Å². The van der Waals surface area contributed by atoms with Crippen molar-refractivity contribution >= 4 is 11.0 Å². The summed E-state index contributed by atoms with van der Waals surface area (Å²) in [6, 6.07) is 0. The smallest absolute Gasteiger partial charge is 0.303 e. The SMILES string of the molecule is Cn1c(=O)[nH]c2c(F)c(F)c(F)c(F)c21. The number of nitrogens with one attached hydrogen (secondary N) is 1. The van der Waals surface area contributed by atoms with Crippen molar-refractivity contribution in [1.29, 1.82) is 0 Å². The van der Waals surface area contributed by atoms with Crippen LogP contribution in [0.5, 0.6) is 0 Å². The van der Waals surface area contributed by atoms with Gasteiger partial charge in [0.25, 0.3) is 0 Å². The Balaban J connectivity index is 3.14. The fraction of sp³-hybridized carbons (Fsp3) is 0.125. The normalized spacial score (nSPS) is 11.3. The van der Waals surface area contributed by atoms with E-state index in [9.17, 15) is 22.4 Å². The van der Waals surface area contributed by atoms with Crippen LogP contribution in [0.1, 0.15) is 0 Å². The Bertz CT molecular complexity index is 613. The highest BCUT2D eigenvalue weighted by molar-refractivity contribution is 5.76. The predicted octanol–water partition coefficient (Wildman–Crippen LogP) is 1.42. The Morgan fingerprint density at radius 3 is 2.13 bits per heavy atom. The first-order chi connectivity index (χ1) is 6.95. The minimum Gasteiger partial charge on any atom is -0.303 e. The summed E-state index contributed by atoms with van der Waals surface area (Å²) in [5.74, 6) is -7.08. The number of fused-ring (bicyclic) bond motifs is 1. The second-order valence-corrected chi connectivity index (χ2v) is 2.97. The van der Waals surface area contributed by atoms with Crippen LogP contribution in [0.15, 0.2) is 4.79 Å². The zero-order chi connectivity index (χ0) is 11.3. The van der Waals surface area contributed by atoms with Crippen molar-refractivity contribution < 1.29 is 17.6 Å². The van der Waals surface area contributed by atoms with Gasteiger partial charge in [0, 0.05) is 7.05 Å². The monoisotopic (exact) mass is 220 g/mol. The third kappa shape index (κ3) is 1.09. The molecule has 80 valence electrons. The van der Waals surface area contributed by atoms with Gasteiger partial charge in [0.15, 0.2) is 23.3 Å². The molecule has 1 aromatic heterocycles. The lowest BCUT2D eigenvalue weighted by Crippen LogP contribution is -2.12. The largest absolute Gasteiger partial charge is 0.326 e. The van der Waals surface area contributed by atoms with E-state index in [0.29, 0.717) is 4.57 Å². The van der Waals surface area contributed by atoms with Crippen molar-refractivity contribution in [3.05, 3.63) is 33.8 Å². The van der Waals surface area contributed by atoms with Gasteiger partial charge in [-0.1, -0.05) is 0 Å². The van der Waals surface area contributed by atoms with Crippen LogP contribution in [-0.2, 0) is 7.05 Å². The van der Waals surface area contributed by atoms with E-state index < -0.39 is 40.0 Å². The number of nitrogens with zero attached hydrogens (tertiary/aromatic N) is 1. The zero-order valence-electron chi connectivity index (χ0n) is 7.37. The molecule has 0 atom stereocenters. The Kier molecular flexibility index (Phi) is 1.85. The average Bonchev–Trinajstić information content (AvgIpc) is 2.50. The average molecular weight is 220 g/mol. The predicted molar refractivity (Wildman–Crippen MR) is 43.4 cm³/mol. The van der Waals surface area contributed by atoms with Crippen molar-refractivity contribution in [3.8, 4) is 0 Å². The first kappa shape index (κ1) is 9.75. The highest BCUT2D eigenvalue weighted by Crippen LogP contribution is 2.23. The number of rotatable bonds is 0. The molecule has 2 aromatic rings. The highest BCUT2D eigenvalue weighted by Gasteiger charge is 2.23. The Morgan fingerprint density at radius 2 is 1.53 bits per heavy atom. The molecular weight excluding hydrogens is 216 g/mol. The van der Waals surface area contributed by atoms with Gasteiger partial charge in [-0.05, 0) is 0 Å². The molecule has 2 rings (SSSR count). The summed E-state index contributed by atoms with van der Waals surface area (Å²) in [6.07, 6.45) is 0. The number of hydrogen-bond acceptors (Lipinski definition) is 1. The lowest BCUT2D eigenvalue weighted by molar-refractivity contribution is 0.416. The van der Waals surface area contributed by atoms with Crippen molar-refractivity contribution in [2.24, 2.45) is 7.05 Å². The second kappa shape index (κ2) is 2.85. The number of hydrogen-bond donors (Lipinski definition) is 1. The molecule has 1 heterocycles. The van der Waals surface area contributed by atoms with Gasteiger partial charge >= 0.3 is 5.69 Å². The van der Waals surface area contributed by atoms with E-state index in [4.69, 9.17) is 0 Å². The molecule has 1 N–H and O–H groups in total. The lowest BCUT2D eigenvalue weighted by Gasteiger charge is -2.00. The quantitative estimate of drug-likeness (QED) is 0.407. The van der Waals surface area contributed by atoms with E-state index in [1.54, 1.807) is 0 Å². The van der Waals surface area contributed by atoms with E-state index in [0.717, 1.165) is 7.05 Å². The van der Waals surface area contributed by atoms with Gasteiger partial charge in [0.1, 0.15) is 11.0 Å². The molecule has 0 spiro atoms. The van der Waals surface area contributed by atoms with E-state index >= 15 is 0 Å². The number of halogens is 4. The van der Waals surface area contributed by atoms with E-state index in [1.165, 1.54) is 0 Å². The minimum absolute atomic E-state index is 0.628. The first-order valence-corrected chi connectivity index (χ1v) is 3.85. The molecule has 3 nitrogen and oxygen atoms in total. The van der Waals surface area contributed by atoms with E-state index in [1.807, 2.05) is 4.98 Å². The molecular formula is C8H4F4N2O. The molecule has 0 fully saturated rings. The van der Waals surface area contributed by atoms with E-state index in [2.05, 4.69) is 0 Å². The second-order valence-electron chi connectivity index (χ2n) is 2.97. The maximum absolute atomic E-state index is 13.2.